The number of imide groups is 1. The summed E-state index contributed by atoms with van der Waals surface area (Å²) in [6.45, 7) is -0.634. The fraction of sp³-hybridized carbons (Fsp3) is 0.700. The predicted molar refractivity (Wildman–Crippen MR) is 59.8 cm³/mol. The van der Waals surface area contributed by atoms with E-state index in [4.69, 9.17) is 15.3 Å². The van der Waals surface area contributed by atoms with Crippen LogP contribution < -0.4 is 0 Å². The van der Waals surface area contributed by atoms with Crippen LogP contribution in [0.3, 0.4) is 0 Å². The van der Waals surface area contributed by atoms with Crippen LogP contribution >= 0.6 is 0 Å². The Balaban J connectivity index is 5.41. The normalized spacial score (nSPS) is 15.4. The van der Waals surface area contributed by atoms with Gasteiger partial charge in [-0.2, -0.15) is 0 Å². The molecular formula is C10H17NO8. The van der Waals surface area contributed by atoms with Gasteiger partial charge in [0.25, 0.3) is 11.8 Å². The molecule has 5 N–H and O–H groups in total. The minimum absolute atomic E-state index is 0.143. The molecular weight excluding hydrogens is 262 g/mol. The van der Waals surface area contributed by atoms with Crippen molar-refractivity contribution < 1.29 is 39.9 Å². The van der Waals surface area contributed by atoms with Crippen molar-refractivity contribution in [2.75, 3.05) is 13.2 Å². The summed E-state index contributed by atoms with van der Waals surface area (Å²) in [6.07, 6.45) is -4.13. The van der Waals surface area contributed by atoms with E-state index in [1.165, 1.54) is 6.92 Å². The molecule has 110 valence electrons. The van der Waals surface area contributed by atoms with Crippen LogP contribution in [-0.4, -0.2) is 79.7 Å². The highest BCUT2D eigenvalue weighted by Gasteiger charge is 2.38. The Labute approximate surface area is 108 Å². The number of rotatable bonds is 7. The van der Waals surface area contributed by atoms with E-state index < -0.39 is 49.2 Å². The van der Waals surface area contributed by atoms with Crippen molar-refractivity contribution in [2.45, 2.75) is 31.6 Å². The van der Waals surface area contributed by atoms with Gasteiger partial charge in [-0.1, -0.05) is 6.92 Å². The monoisotopic (exact) mass is 279 g/mol. The Kier molecular flexibility index (Phi) is 7.16. The Morgan fingerprint density at radius 3 is 1.58 bits per heavy atom. The first-order chi connectivity index (χ1) is 8.81. The SMILES string of the molecule is CCC(C(=O)O)N(C(=O)C(O)CO)C(=O)C(O)CO. The molecule has 0 rings (SSSR count). The van der Waals surface area contributed by atoms with Crippen LogP contribution in [0.2, 0.25) is 0 Å². The number of carboxylic acids is 1. The summed E-state index contributed by atoms with van der Waals surface area (Å²) in [7, 11) is 0. The smallest absolute Gasteiger partial charge is 0.326 e. The highest BCUT2D eigenvalue weighted by atomic mass is 16.4. The van der Waals surface area contributed by atoms with Crippen molar-refractivity contribution >= 4 is 17.8 Å². The van der Waals surface area contributed by atoms with Gasteiger partial charge in [0.2, 0.25) is 0 Å². The second-order valence-electron chi connectivity index (χ2n) is 3.71. The van der Waals surface area contributed by atoms with Gasteiger partial charge in [0.05, 0.1) is 13.2 Å². The molecule has 0 aromatic carbocycles. The largest absolute Gasteiger partial charge is 0.480 e. The second-order valence-corrected chi connectivity index (χ2v) is 3.71. The van der Waals surface area contributed by atoms with Crippen molar-refractivity contribution in [3.63, 3.8) is 0 Å². The van der Waals surface area contributed by atoms with E-state index in [-0.39, 0.29) is 11.3 Å². The van der Waals surface area contributed by atoms with Crippen molar-refractivity contribution in [2.24, 2.45) is 0 Å². The van der Waals surface area contributed by atoms with Gasteiger partial charge in [-0.05, 0) is 6.42 Å². The fourth-order valence-electron chi connectivity index (χ4n) is 1.36. The molecule has 2 amide bonds. The van der Waals surface area contributed by atoms with Gasteiger partial charge in [0.15, 0.2) is 12.2 Å². The van der Waals surface area contributed by atoms with Crippen molar-refractivity contribution in [1.29, 1.82) is 0 Å². The molecule has 0 aromatic rings. The van der Waals surface area contributed by atoms with Crippen LogP contribution in [0.25, 0.3) is 0 Å². The molecule has 0 heterocycles. The summed E-state index contributed by atoms with van der Waals surface area (Å²) in [5.74, 6) is -4.22. The third-order valence-electron chi connectivity index (χ3n) is 2.37. The van der Waals surface area contributed by atoms with E-state index in [1.54, 1.807) is 0 Å². The van der Waals surface area contributed by atoms with Crippen LogP contribution in [0.1, 0.15) is 13.3 Å². The maximum absolute atomic E-state index is 11.7. The molecule has 3 unspecified atom stereocenters. The third-order valence-corrected chi connectivity index (χ3v) is 2.37. The Morgan fingerprint density at radius 2 is 1.37 bits per heavy atom. The van der Waals surface area contributed by atoms with E-state index in [0.29, 0.717) is 0 Å². The van der Waals surface area contributed by atoms with E-state index in [1.807, 2.05) is 0 Å². The van der Waals surface area contributed by atoms with Crippen molar-refractivity contribution in [1.82, 2.24) is 4.90 Å². The topological polar surface area (TPSA) is 156 Å². The number of hydrogen-bond acceptors (Lipinski definition) is 7. The average Bonchev–Trinajstić information content (AvgIpc) is 2.40. The van der Waals surface area contributed by atoms with Gasteiger partial charge in [-0.3, -0.25) is 14.5 Å². The Bertz CT molecular complexity index is 322. The van der Waals surface area contributed by atoms with Gasteiger partial charge in [0.1, 0.15) is 6.04 Å². The maximum Gasteiger partial charge on any atom is 0.326 e. The number of aliphatic hydroxyl groups excluding tert-OH is 4. The number of carboxylic acid groups (broad SMARTS) is 1. The van der Waals surface area contributed by atoms with Gasteiger partial charge >= 0.3 is 5.97 Å². The Morgan fingerprint density at radius 1 is 1.00 bits per heavy atom. The lowest BCUT2D eigenvalue weighted by Crippen LogP contribution is -2.56. The average molecular weight is 279 g/mol. The lowest BCUT2D eigenvalue weighted by atomic mass is 10.1. The van der Waals surface area contributed by atoms with E-state index in [2.05, 4.69) is 0 Å². The molecule has 9 nitrogen and oxygen atoms in total. The van der Waals surface area contributed by atoms with E-state index in [0.717, 1.165) is 0 Å². The maximum atomic E-state index is 11.7. The van der Waals surface area contributed by atoms with Crippen LogP contribution in [-0.2, 0) is 14.4 Å². The molecule has 0 saturated carbocycles. The second kappa shape index (κ2) is 7.79. The summed E-state index contributed by atoms with van der Waals surface area (Å²) in [5.41, 5.74) is 0. The number of carbonyl (C=O) groups excluding carboxylic acids is 2. The molecule has 19 heavy (non-hydrogen) atoms. The molecule has 0 aromatic heterocycles. The van der Waals surface area contributed by atoms with Crippen LogP contribution in [0, 0.1) is 0 Å². The molecule has 0 spiro atoms. The zero-order valence-corrected chi connectivity index (χ0v) is 10.3. The van der Waals surface area contributed by atoms with Crippen molar-refractivity contribution in [3.8, 4) is 0 Å². The summed E-state index contributed by atoms with van der Waals surface area (Å²) >= 11 is 0. The minimum atomic E-state index is -1.98. The summed E-state index contributed by atoms with van der Waals surface area (Å²) in [4.78, 5) is 34.5. The first-order valence-electron chi connectivity index (χ1n) is 5.49. The number of amides is 2. The third kappa shape index (κ3) is 4.24. The summed E-state index contributed by atoms with van der Waals surface area (Å²) in [6, 6.07) is -1.61. The first-order valence-corrected chi connectivity index (χ1v) is 5.49. The fourth-order valence-corrected chi connectivity index (χ4v) is 1.36. The summed E-state index contributed by atoms with van der Waals surface area (Å²) < 4.78 is 0. The van der Waals surface area contributed by atoms with Crippen LogP contribution in [0.5, 0.6) is 0 Å². The van der Waals surface area contributed by atoms with Gasteiger partial charge in [0, 0.05) is 0 Å². The van der Waals surface area contributed by atoms with E-state index in [9.17, 15) is 24.6 Å². The molecule has 0 fully saturated rings. The molecule has 0 saturated heterocycles. The number of hydrogen-bond donors (Lipinski definition) is 5. The zero-order valence-electron chi connectivity index (χ0n) is 10.3. The zero-order chi connectivity index (χ0) is 15.2. The lowest BCUT2D eigenvalue weighted by molar-refractivity contribution is -0.167. The van der Waals surface area contributed by atoms with Crippen molar-refractivity contribution in [3.05, 3.63) is 0 Å². The number of carbonyl (C=O) groups is 3. The predicted octanol–water partition coefficient (Wildman–Crippen LogP) is -3.09. The molecule has 0 aliphatic rings. The highest BCUT2D eigenvalue weighted by Crippen LogP contribution is 2.10. The molecule has 0 aliphatic heterocycles. The van der Waals surface area contributed by atoms with Gasteiger partial charge in [-0.15, -0.1) is 0 Å². The lowest BCUT2D eigenvalue weighted by Gasteiger charge is -2.29. The molecule has 0 radical (unpaired) electrons. The van der Waals surface area contributed by atoms with Crippen LogP contribution in [0.15, 0.2) is 0 Å². The molecule has 0 bridgehead atoms. The molecule has 9 heteroatoms. The Hall–Kier alpha value is -1.55. The molecule has 0 aliphatic carbocycles. The highest BCUT2D eigenvalue weighted by molar-refractivity contribution is 6.02. The quantitative estimate of drug-likeness (QED) is 0.328. The van der Waals surface area contributed by atoms with Crippen LogP contribution in [0.4, 0.5) is 0 Å². The standard InChI is InChI=1S/C10H17NO8/c1-2-5(10(18)19)11(8(16)6(14)3-12)9(17)7(15)4-13/h5-7,12-15H,2-4H2,1H3,(H,18,19). The molecule has 3 atom stereocenters. The minimum Gasteiger partial charge on any atom is -0.480 e. The summed E-state index contributed by atoms with van der Waals surface area (Å²) in [5, 5.41) is 44.6. The number of nitrogens with zero attached hydrogens (tertiary/aromatic N) is 1. The number of aliphatic carboxylic acids is 1. The van der Waals surface area contributed by atoms with Gasteiger partial charge < -0.3 is 25.5 Å². The number of aliphatic hydroxyl groups is 4. The first kappa shape index (κ1) is 17.4. The van der Waals surface area contributed by atoms with E-state index >= 15 is 0 Å². The van der Waals surface area contributed by atoms with Gasteiger partial charge in [-0.25, -0.2) is 4.79 Å².